The van der Waals surface area contributed by atoms with Crippen molar-refractivity contribution >= 4 is 16.9 Å². The summed E-state index contributed by atoms with van der Waals surface area (Å²) in [6.07, 6.45) is 2.86. The Morgan fingerprint density at radius 2 is 2.14 bits per heavy atom. The van der Waals surface area contributed by atoms with Crippen LogP contribution in [0.5, 0.6) is 5.75 Å². The molecule has 2 aromatic carbocycles. The van der Waals surface area contributed by atoms with E-state index < -0.39 is 11.9 Å². The molecule has 4 rings (SSSR count). The average molecular weight is 477 g/mol. The van der Waals surface area contributed by atoms with Gasteiger partial charge in [0, 0.05) is 30.3 Å². The van der Waals surface area contributed by atoms with Crippen molar-refractivity contribution in [1.29, 1.82) is 0 Å². The maximum absolute atomic E-state index is 13.4. The molecule has 3 atom stereocenters. The van der Waals surface area contributed by atoms with Gasteiger partial charge < -0.3 is 14.9 Å². The summed E-state index contributed by atoms with van der Waals surface area (Å²) < 4.78 is 18.8. The van der Waals surface area contributed by atoms with Gasteiger partial charge in [-0.25, -0.2) is 4.39 Å². The molecule has 0 aliphatic carbocycles. The second-order valence-electron chi connectivity index (χ2n) is 8.85. The van der Waals surface area contributed by atoms with Crippen molar-refractivity contribution in [3.05, 3.63) is 71.7 Å². The molecule has 0 amide bonds. The van der Waals surface area contributed by atoms with Crippen LogP contribution < -0.4 is 4.74 Å². The Balaban J connectivity index is 1.57. The van der Waals surface area contributed by atoms with Crippen molar-refractivity contribution in [2.45, 2.75) is 18.8 Å². The first-order valence-corrected chi connectivity index (χ1v) is 11.7. The molecule has 182 valence electrons. The van der Waals surface area contributed by atoms with Gasteiger partial charge in [0.1, 0.15) is 11.6 Å². The summed E-state index contributed by atoms with van der Waals surface area (Å²) >= 11 is 0. The maximum atomic E-state index is 13.4. The largest absolute Gasteiger partial charge is 0.497 e. The van der Waals surface area contributed by atoms with Crippen LogP contribution in [0, 0.1) is 29.5 Å². The number of carboxylic acids is 1. The molecule has 35 heavy (non-hydrogen) atoms. The predicted molar refractivity (Wildman–Crippen MR) is 132 cm³/mol. The summed E-state index contributed by atoms with van der Waals surface area (Å²) in [5.41, 5.74) is 2.39. The third-order valence-corrected chi connectivity index (χ3v) is 6.77. The van der Waals surface area contributed by atoms with E-state index in [1.54, 1.807) is 25.4 Å². The Hall–Kier alpha value is -3.47. The first-order chi connectivity index (χ1) is 17.0. The van der Waals surface area contributed by atoms with Gasteiger partial charge in [-0.05, 0) is 79.3 Å². The number of piperidine rings is 1. The topological polar surface area (TPSA) is 82.9 Å². The Morgan fingerprint density at radius 1 is 1.29 bits per heavy atom. The number of halogens is 1. The van der Waals surface area contributed by atoms with Crippen LogP contribution in [0.25, 0.3) is 10.9 Å². The zero-order chi connectivity index (χ0) is 24.8. The van der Waals surface area contributed by atoms with E-state index in [-0.39, 0.29) is 24.3 Å². The van der Waals surface area contributed by atoms with Crippen molar-refractivity contribution in [2.24, 2.45) is 11.8 Å². The number of likely N-dealkylation sites (tertiary alicyclic amines) is 1. The summed E-state index contributed by atoms with van der Waals surface area (Å²) in [7, 11) is 1.61. The number of aliphatic hydroxyl groups excluding tert-OH is 1. The highest BCUT2D eigenvalue weighted by atomic mass is 19.1. The highest BCUT2D eigenvalue weighted by Crippen LogP contribution is 2.41. The van der Waals surface area contributed by atoms with Crippen molar-refractivity contribution in [2.75, 3.05) is 33.4 Å². The van der Waals surface area contributed by atoms with Gasteiger partial charge in [0.2, 0.25) is 0 Å². The van der Waals surface area contributed by atoms with Crippen molar-refractivity contribution in [3.8, 4) is 17.6 Å². The van der Waals surface area contributed by atoms with Crippen molar-refractivity contribution in [1.82, 2.24) is 9.88 Å². The van der Waals surface area contributed by atoms with Gasteiger partial charge in [-0.2, -0.15) is 0 Å². The molecule has 1 fully saturated rings. The van der Waals surface area contributed by atoms with Gasteiger partial charge in [-0.3, -0.25) is 14.7 Å². The number of hydrogen-bond acceptors (Lipinski definition) is 5. The van der Waals surface area contributed by atoms with E-state index in [0.717, 1.165) is 16.5 Å². The number of nitrogens with zero attached hydrogens (tertiary/aromatic N) is 2. The number of rotatable bonds is 7. The molecule has 1 aromatic heterocycles. The lowest BCUT2D eigenvalue weighted by molar-refractivity contribution is -0.146. The van der Waals surface area contributed by atoms with Crippen LogP contribution in [0.15, 0.2) is 54.7 Å². The summed E-state index contributed by atoms with van der Waals surface area (Å²) in [6.45, 7) is 1.43. The van der Waals surface area contributed by atoms with Crippen LogP contribution >= 0.6 is 0 Å². The van der Waals surface area contributed by atoms with Gasteiger partial charge in [0.05, 0.1) is 25.1 Å². The lowest BCUT2D eigenvalue weighted by Gasteiger charge is -2.40. The molecule has 6 nitrogen and oxygen atoms in total. The number of ether oxygens (including phenoxy) is 1. The number of aliphatic carboxylic acids is 1. The SMILES string of the molecule is COc1ccc2nccc(C(CCO)[C@H]3CCN(CC#Cc4cccc(F)c4)C[C@@H]3C(=O)O)c2c1. The smallest absolute Gasteiger partial charge is 0.308 e. The third kappa shape index (κ3) is 5.79. The minimum Gasteiger partial charge on any atom is -0.497 e. The Kier molecular flexibility index (Phi) is 7.96. The second-order valence-corrected chi connectivity index (χ2v) is 8.85. The number of carboxylic acid groups (broad SMARTS) is 1. The zero-order valence-electron chi connectivity index (χ0n) is 19.7. The average Bonchev–Trinajstić information content (AvgIpc) is 2.87. The maximum Gasteiger partial charge on any atom is 0.308 e. The van der Waals surface area contributed by atoms with Gasteiger partial charge >= 0.3 is 5.97 Å². The summed E-state index contributed by atoms with van der Waals surface area (Å²) in [5.74, 6) is 4.63. The lowest BCUT2D eigenvalue weighted by Crippen LogP contribution is -2.46. The highest BCUT2D eigenvalue weighted by Gasteiger charge is 2.39. The fraction of sp³-hybridized carbons (Fsp3) is 0.357. The fourth-order valence-corrected chi connectivity index (χ4v) is 5.08. The zero-order valence-corrected chi connectivity index (χ0v) is 19.7. The monoisotopic (exact) mass is 476 g/mol. The number of aliphatic hydroxyl groups is 1. The summed E-state index contributed by atoms with van der Waals surface area (Å²) in [4.78, 5) is 18.8. The predicted octanol–water partition coefficient (Wildman–Crippen LogP) is 3.92. The van der Waals surface area contributed by atoms with E-state index in [2.05, 4.69) is 16.8 Å². The van der Waals surface area contributed by atoms with Gasteiger partial charge in [0.15, 0.2) is 0 Å². The van der Waals surface area contributed by atoms with E-state index in [4.69, 9.17) is 4.74 Å². The number of benzene rings is 2. The normalized spacial score (nSPS) is 19.1. The standard InChI is InChI=1S/C28H29FN2O4/c1-35-21-7-8-27-25(17-21)22(9-12-30-27)24(11-15-32)23-10-14-31(18-26(23)28(33)34)13-3-5-19-4-2-6-20(29)16-19/h2,4,6-9,12,16-17,23-24,26,32H,10-11,13-15,18H2,1H3,(H,33,34)/t23-,24?,26+/m1/s1. The van der Waals surface area contributed by atoms with E-state index in [9.17, 15) is 19.4 Å². The second kappa shape index (κ2) is 11.3. The molecule has 0 spiro atoms. The number of aromatic nitrogens is 1. The fourth-order valence-electron chi connectivity index (χ4n) is 5.08. The van der Waals surface area contributed by atoms with Crippen LogP contribution in [0.4, 0.5) is 4.39 Å². The van der Waals surface area contributed by atoms with Gasteiger partial charge in [-0.15, -0.1) is 0 Å². The first-order valence-electron chi connectivity index (χ1n) is 11.7. The molecule has 1 aliphatic heterocycles. The third-order valence-electron chi connectivity index (χ3n) is 6.77. The summed E-state index contributed by atoms with van der Waals surface area (Å²) in [5, 5.41) is 20.9. The Bertz CT molecular complexity index is 1250. The minimum atomic E-state index is -0.850. The van der Waals surface area contributed by atoms with Crippen LogP contribution in [0.2, 0.25) is 0 Å². The Labute approximate surface area is 204 Å². The number of hydrogen-bond donors (Lipinski definition) is 2. The number of methoxy groups -OCH3 is 1. The van der Waals surface area contributed by atoms with Crippen LogP contribution in [-0.4, -0.2) is 59.4 Å². The number of fused-ring (bicyclic) bond motifs is 1. The molecular formula is C28H29FN2O4. The molecular weight excluding hydrogens is 447 g/mol. The first kappa shape index (κ1) is 24.6. The van der Waals surface area contributed by atoms with E-state index >= 15 is 0 Å². The van der Waals surface area contributed by atoms with Crippen molar-refractivity contribution < 1.29 is 24.1 Å². The van der Waals surface area contributed by atoms with E-state index in [1.807, 2.05) is 29.2 Å². The van der Waals surface area contributed by atoms with Crippen LogP contribution in [-0.2, 0) is 4.79 Å². The van der Waals surface area contributed by atoms with Crippen LogP contribution in [0.3, 0.4) is 0 Å². The molecule has 7 heteroatoms. The van der Waals surface area contributed by atoms with Crippen molar-refractivity contribution in [3.63, 3.8) is 0 Å². The molecule has 0 bridgehead atoms. The quantitative estimate of drug-likeness (QED) is 0.503. The molecule has 1 unspecified atom stereocenters. The van der Waals surface area contributed by atoms with E-state index in [1.165, 1.54) is 12.1 Å². The molecule has 0 saturated carbocycles. The van der Waals surface area contributed by atoms with Gasteiger partial charge in [-0.1, -0.05) is 17.9 Å². The number of carbonyl (C=O) groups is 1. The molecule has 1 saturated heterocycles. The highest BCUT2D eigenvalue weighted by molar-refractivity contribution is 5.84. The molecule has 2 heterocycles. The van der Waals surface area contributed by atoms with E-state index in [0.29, 0.717) is 43.8 Å². The lowest BCUT2D eigenvalue weighted by atomic mass is 9.72. The number of pyridine rings is 1. The summed E-state index contributed by atoms with van der Waals surface area (Å²) in [6, 6.07) is 13.7. The molecule has 0 radical (unpaired) electrons. The van der Waals surface area contributed by atoms with Crippen LogP contribution in [0.1, 0.15) is 29.9 Å². The Morgan fingerprint density at radius 3 is 2.89 bits per heavy atom. The minimum absolute atomic E-state index is 0.0376. The molecule has 3 aromatic rings. The molecule has 2 N–H and O–H groups in total. The molecule has 1 aliphatic rings. The van der Waals surface area contributed by atoms with Gasteiger partial charge in [0.25, 0.3) is 0 Å².